The predicted molar refractivity (Wildman–Crippen MR) is 138 cm³/mol. The zero-order chi connectivity index (χ0) is 24.1. The number of carbonyl (C=O) groups is 1. The molecule has 0 radical (unpaired) electrons. The lowest BCUT2D eigenvalue weighted by molar-refractivity contribution is 0.183. The van der Waals surface area contributed by atoms with Crippen molar-refractivity contribution in [1.29, 1.82) is 5.26 Å². The first kappa shape index (κ1) is 24.1. The third-order valence-corrected chi connectivity index (χ3v) is 7.08. The van der Waals surface area contributed by atoms with Crippen molar-refractivity contribution in [1.82, 2.24) is 10.2 Å². The topological polar surface area (TPSA) is 68.2 Å². The molecular weight excluding hydrogens is 467 g/mol. The molecule has 2 N–H and O–H groups in total. The second-order valence-corrected chi connectivity index (χ2v) is 9.63. The number of urea groups is 1. The monoisotopic (exact) mass is 492 g/mol. The van der Waals surface area contributed by atoms with E-state index in [1.165, 1.54) is 5.56 Å². The molecule has 3 aromatic rings. The number of piperidine rings is 1. The molecule has 0 saturated carbocycles. The van der Waals surface area contributed by atoms with Gasteiger partial charge in [0.15, 0.2) is 0 Å². The first-order valence-electron chi connectivity index (χ1n) is 11.2. The lowest BCUT2D eigenvalue weighted by Crippen LogP contribution is -2.48. The summed E-state index contributed by atoms with van der Waals surface area (Å²) < 4.78 is 0. The number of hydrogen-bond donors (Lipinski definition) is 2. The maximum Gasteiger partial charge on any atom is 0.319 e. The van der Waals surface area contributed by atoms with Gasteiger partial charge < -0.3 is 15.5 Å². The number of rotatable bonds is 5. The van der Waals surface area contributed by atoms with E-state index in [2.05, 4.69) is 52.9 Å². The lowest BCUT2D eigenvalue weighted by Gasteiger charge is -2.41. The Balaban J connectivity index is 1.51. The van der Waals surface area contributed by atoms with Gasteiger partial charge >= 0.3 is 6.03 Å². The molecule has 1 heterocycles. The van der Waals surface area contributed by atoms with Crippen molar-refractivity contribution >= 4 is 34.9 Å². The van der Waals surface area contributed by atoms with Gasteiger partial charge in [0.25, 0.3) is 0 Å². The minimum Gasteiger partial charge on any atom is -0.337 e. The number of nitrogens with zero attached hydrogens (tertiary/aromatic N) is 2. The third-order valence-electron chi connectivity index (χ3n) is 6.53. The maximum atomic E-state index is 12.7. The van der Waals surface area contributed by atoms with Gasteiger partial charge in [0.05, 0.1) is 22.3 Å². The van der Waals surface area contributed by atoms with E-state index in [4.69, 9.17) is 23.2 Å². The van der Waals surface area contributed by atoms with Gasteiger partial charge in [0.2, 0.25) is 0 Å². The largest absolute Gasteiger partial charge is 0.337 e. The van der Waals surface area contributed by atoms with Crippen molar-refractivity contribution in [3.63, 3.8) is 0 Å². The Bertz CT molecular complexity index is 1210. The maximum absolute atomic E-state index is 12.7. The molecule has 174 valence electrons. The summed E-state index contributed by atoms with van der Waals surface area (Å²) in [5, 5.41) is 16.0. The summed E-state index contributed by atoms with van der Waals surface area (Å²) in [4.78, 5) is 15.0. The Labute approximate surface area is 210 Å². The van der Waals surface area contributed by atoms with E-state index in [1.54, 1.807) is 24.3 Å². The summed E-state index contributed by atoms with van der Waals surface area (Å²) in [5.74, 6) is 0. The summed E-state index contributed by atoms with van der Waals surface area (Å²) in [6.07, 6.45) is 1.88. The Morgan fingerprint density at radius 2 is 1.76 bits per heavy atom. The summed E-state index contributed by atoms with van der Waals surface area (Å²) in [6.45, 7) is 2.43. The first-order chi connectivity index (χ1) is 16.4. The number of carbonyl (C=O) groups excluding carboxylic acids is 1. The highest BCUT2D eigenvalue weighted by molar-refractivity contribution is 6.36. The van der Waals surface area contributed by atoms with E-state index in [0.29, 0.717) is 27.8 Å². The van der Waals surface area contributed by atoms with Gasteiger partial charge in [-0.3, -0.25) is 0 Å². The van der Waals surface area contributed by atoms with Crippen LogP contribution in [0, 0.1) is 11.3 Å². The molecule has 2 amide bonds. The molecule has 0 aliphatic carbocycles. The van der Waals surface area contributed by atoms with Gasteiger partial charge in [0.1, 0.15) is 0 Å². The van der Waals surface area contributed by atoms with Crippen LogP contribution in [0.25, 0.3) is 11.1 Å². The van der Waals surface area contributed by atoms with Crippen LogP contribution in [0.5, 0.6) is 0 Å². The van der Waals surface area contributed by atoms with E-state index in [9.17, 15) is 10.1 Å². The fourth-order valence-corrected chi connectivity index (χ4v) is 4.86. The molecular formula is C27H26Cl2N4O. The van der Waals surface area contributed by atoms with Crippen LogP contribution >= 0.6 is 23.2 Å². The second kappa shape index (κ2) is 10.5. The highest BCUT2D eigenvalue weighted by atomic mass is 35.5. The van der Waals surface area contributed by atoms with Crippen LogP contribution < -0.4 is 10.6 Å². The summed E-state index contributed by atoms with van der Waals surface area (Å²) in [7, 11) is 2.12. The average molecular weight is 493 g/mol. The summed E-state index contributed by atoms with van der Waals surface area (Å²) in [5.41, 5.74) is 4.27. The van der Waals surface area contributed by atoms with Crippen LogP contribution in [0.2, 0.25) is 10.0 Å². The van der Waals surface area contributed by atoms with E-state index in [-0.39, 0.29) is 11.4 Å². The third kappa shape index (κ3) is 5.53. The zero-order valence-electron chi connectivity index (χ0n) is 18.9. The fourth-order valence-electron chi connectivity index (χ4n) is 4.41. The number of nitriles is 1. The number of amides is 2. The number of nitrogens with one attached hydrogen (secondary N) is 2. The number of halogens is 2. The minimum atomic E-state index is -0.299. The highest BCUT2D eigenvalue weighted by Crippen LogP contribution is 2.36. The molecule has 0 spiro atoms. The van der Waals surface area contributed by atoms with E-state index in [1.807, 2.05) is 18.2 Å². The van der Waals surface area contributed by atoms with E-state index < -0.39 is 0 Å². The van der Waals surface area contributed by atoms with E-state index >= 15 is 0 Å². The van der Waals surface area contributed by atoms with Crippen molar-refractivity contribution in [2.24, 2.45) is 0 Å². The Morgan fingerprint density at radius 1 is 1.03 bits per heavy atom. The van der Waals surface area contributed by atoms with Crippen molar-refractivity contribution < 1.29 is 4.79 Å². The van der Waals surface area contributed by atoms with Gasteiger partial charge in [-0.2, -0.15) is 5.26 Å². The summed E-state index contributed by atoms with van der Waals surface area (Å²) in [6, 6.07) is 23.0. The van der Waals surface area contributed by atoms with Crippen molar-refractivity contribution in [2.45, 2.75) is 18.3 Å². The molecule has 0 unspecified atom stereocenters. The minimum absolute atomic E-state index is 0.166. The predicted octanol–water partition coefficient (Wildman–Crippen LogP) is 6.32. The van der Waals surface area contributed by atoms with Crippen LogP contribution in [0.15, 0.2) is 66.7 Å². The smallest absolute Gasteiger partial charge is 0.319 e. The van der Waals surface area contributed by atoms with Crippen LogP contribution in [0.1, 0.15) is 24.0 Å². The highest BCUT2D eigenvalue weighted by Gasteiger charge is 2.35. The molecule has 0 aromatic heterocycles. The van der Waals surface area contributed by atoms with Gasteiger partial charge in [-0.25, -0.2) is 4.79 Å². The van der Waals surface area contributed by atoms with E-state index in [0.717, 1.165) is 37.1 Å². The Hall–Kier alpha value is -3.04. The molecule has 3 aromatic carbocycles. The number of hydrogen-bond acceptors (Lipinski definition) is 3. The molecule has 0 bridgehead atoms. The number of benzene rings is 3. The molecule has 5 nitrogen and oxygen atoms in total. The molecule has 0 atom stereocenters. The van der Waals surface area contributed by atoms with Crippen molar-refractivity contribution in [2.75, 3.05) is 32.0 Å². The van der Waals surface area contributed by atoms with Crippen LogP contribution in [0.3, 0.4) is 0 Å². The fraction of sp³-hybridized carbons (Fsp3) is 0.259. The standard InChI is InChI=1S/C27H26Cl2N4O/c1-33-13-11-27(12-14-33,18-31-26(34)32-25-10-9-23(28)16-24(25)29)22-7-5-20(6-8-22)21-4-2-3-19(15-21)17-30/h2-10,15-16H,11-14,18H2,1H3,(H2,31,32,34). The number of likely N-dealkylation sites (tertiary alicyclic amines) is 1. The van der Waals surface area contributed by atoms with Gasteiger partial charge in [-0.15, -0.1) is 0 Å². The molecule has 1 fully saturated rings. The molecule has 4 rings (SSSR count). The van der Waals surface area contributed by atoms with Crippen molar-refractivity contribution in [3.8, 4) is 17.2 Å². The Morgan fingerprint density at radius 3 is 2.44 bits per heavy atom. The molecule has 7 heteroatoms. The zero-order valence-corrected chi connectivity index (χ0v) is 20.5. The Kier molecular flexibility index (Phi) is 7.43. The molecule has 1 aliphatic rings. The lowest BCUT2D eigenvalue weighted by atomic mass is 9.72. The SMILES string of the molecule is CN1CCC(CNC(=O)Nc2ccc(Cl)cc2Cl)(c2ccc(-c3cccc(C#N)c3)cc2)CC1. The van der Waals surface area contributed by atoms with Gasteiger partial charge in [-0.1, -0.05) is 59.6 Å². The second-order valence-electron chi connectivity index (χ2n) is 8.79. The normalized spacial score (nSPS) is 15.4. The summed E-state index contributed by atoms with van der Waals surface area (Å²) >= 11 is 12.1. The average Bonchev–Trinajstić information content (AvgIpc) is 2.86. The van der Waals surface area contributed by atoms with Crippen LogP contribution in [-0.4, -0.2) is 37.6 Å². The van der Waals surface area contributed by atoms with Gasteiger partial charge in [0, 0.05) is 17.0 Å². The molecule has 1 saturated heterocycles. The van der Waals surface area contributed by atoms with Crippen LogP contribution in [0.4, 0.5) is 10.5 Å². The first-order valence-corrected chi connectivity index (χ1v) is 11.9. The quantitative estimate of drug-likeness (QED) is 0.437. The molecule has 34 heavy (non-hydrogen) atoms. The number of anilines is 1. The van der Waals surface area contributed by atoms with Crippen molar-refractivity contribution in [3.05, 3.63) is 87.9 Å². The molecule has 1 aliphatic heterocycles. The van der Waals surface area contributed by atoms with Crippen LogP contribution in [-0.2, 0) is 5.41 Å². The van der Waals surface area contributed by atoms with Gasteiger partial charge in [-0.05, 0) is 80.0 Å².